The van der Waals surface area contributed by atoms with Crippen molar-refractivity contribution in [3.8, 4) is 0 Å². The molecule has 1 fully saturated rings. The zero-order valence-corrected chi connectivity index (χ0v) is 13.9. The minimum atomic E-state index is -0.179. The van der Waals surface area contributed by atoms with E-state index >= 15 is 0 Å². The minimum Gasteiger partial charge on any atom is -0.396 e. The Hall–Kier alpha value is -1.63. The molecule has 1 saturated heterocycles. The first-order valence-electron chi connectivity index (χ1n) is 8.30. The first-order chi connectivity index (χ1) is 11.2. The maximum Gasteiger partial charge on any atom is 0.315 e. The highest BCUT2D eigenvalue weighted by molar-refractivity contribution is 5.74. The molecular formula is C17H28N4O2. The molecule has 1 aromatic rings. The molecule has 6 nitrogen and oxygen atoms in total. The number of aliphatic hydroxyl groups is 1. The summed E-state index contributed by atoms with van der Waals surface area (Å²) in [6.07, 6.45) is 0.571. The van der Waals surface area contributed by atoms with Crippen molar-refractivity contribution >= 4 is 6.03 Å². The number of aliphatic hydroxyl groups excluding tert-OH is 1. The summed E-state index contributed by atoms with van der Waals surface area (Å²) >= 11 is 0. The number of benzene rings is 1. The van der Waals surface area contributed by atoms with Crippen molar-refractivity contribution in [3.63, 3.8) is 0 Å². The number of carbonyl (C=O) groups is 1. The fourth-order valence-corrected chi connectivity index (χ4v) is 2.70. The van der Waals surface area contributed by atoms with Gasteiger partial charge in [-0.05, 0) is 19.0 Å². The summed E-state index contributed by atoms with van der Waals surface area (Å²) in [7, 11) is 2.14. The lowest BCUT2D eigenvalue weighted by atomic mass is 10.1. The van der Waals surface area contributed by atoms with Gasteiger partial charge in [-0.25, -0.2) is 4.79 Å². The lowest BCUT2D eigenvalue weighted by Gasteiger charge is -2.35. The zero-order chi connectivity index (χ0) is 16.5. The summed E-state index contributed by atoms with van der Waals surface area (Å²) in [4.78, 5) is 16.8. The van der Waals surface area contributed by atoms with Gasteiger partial charge in [0, 0.05) is 45.9 Å². The smallest absolute Gasteiger partial charge is 0.315 e. The number of nitrogens with one attached hydrogen (secondary N) is 2. The van der Waals surface area contributed by atoms with Gasteiger partial charge in [0.1, 0.15) is 0 Å². The second kappa shape index (κ2) is 9.50. The van der Waals surface area contributed by atoms with Crippen molar-refractivity contribution < 1.29 is 9.90 Å². The normalized spacial score (nSPS) is 17.7. The number of piperazine rings is 1. The number of nitrogens with zero attached hydrogens (tertiary/aromatic N) is 2. The van der Waals surface area contributed by atoms with Gasteiger partial charge in [-0.3, -0.25) is 4.90 Å². The molecule has 6 heteroatoms. The van der Waals surface area contributed by atoms with E-state index in [1.54, 1.807) is 0 Å². The average Bonchev–Trinajstić information content (AvgIpc) is 2.57. The Morgan fingerprint density at radius 2 is 1.91 bits per heavy atom. The van der Waals surface area contributed by atoms with Crippen molar-refractivity contribution in [2.75, 3.05) is 52.9 Å². The van der Waals surface area contributed by atoms with E-state index in [1.807, 2.05) is 18.2 Å². The van der Waals surface area contributed by atoms with E-state index < -0.39 is 0 Å². The van der Waals surface area contributed by atoms with Gasteiger partial charge >= 0.3 is 6.03 Å². The van der Waals surface area contributed by atoms with Crippen LogP contribution >= 0.6 is 0 Å². The van der Waals surface area contributed by atoms with E-state index in [0.29, 0.717) is 13.0 Å². The van der Waals surface area contributed by atoms with E-state index in [-0.39, 0.29) is 18.7 Å². The predicted molar refractivity (Wildman–Crippen MR) is 91.4 cm³/mol. The maximum absolute atomic E-state index is 12.1. The fourth-order valence-electron chi connectivity index (χ4n) is 2.70. The molecule has 0 aliphatic carbocycles. The summed E-state index contributed by atoms with van der Waals surface area (Å²) in [5.41, 5.74) is 1.11. The Bertz CT molecular complexity index is 461. The fraction of sp³-hybridized carbons (Fsp3) is 0.588. The van der Waals surface area contributed by atoms with Gasteiger partial charge in [0.25, 0.3) is 0 Å². The third-order valence-electron chi connectivity index (χ3n) is 4.16. The maximum atomic E-state index is 12.1. The van der Waals surface area contributed by atoms with E-state index in [4.69, 9.17) is 5.11 Å². The Balaban J connectivity index is 1.93. The molecule has 1 aliphatic rings. The molecule has 0 spiro atoms. The highest BCUT2D eigenvalue weighted by Crippen LogP contribution is 2.15. The molecule has 1 atom stereocenters. The number of likely N-dealkylation sites (N-methyl/N-ethyl adjacent to an activating group) is 1. The van der Waals surface area contributed by atoms with Crippen molar-refractivity contribution in [1.82, 2.24) is 20.4 Å². The first kappa shape index (κ1) is 17.7. The molecule has 1 heterocycles. The SMILES string of the molecule is CN1CCN(CC(NC(=O)NCCCO)c2ccccc2)CC1. The topological polar surface area (TPSA) is 67.8 Å². The van der Waals surface area contributed by atoms with Gasteiger partial charge in [-0.1, -0.05) is 30.3 Å². The van der Waals surface area contributed by atoms with Crippen LogP contribution in [0.4, 0.5) is 4.79 Å². The second-order valence-corrected chi connectivity index (χ2v) is 6.04. The number of hydrogen-bond acceptors (Lipinski definition) is 4. The molecular weight excluding hydrogens is 292 g/mol. The standard InChI is InChI=1S/C17H28N4O2/c1-20-9-11-21(12-10-20)14-16(15-6-3-2-4-7-15)19-17(23)18-8-5-13-22/h2-4,6-7,16,22H,5,8-14H2,1H3,(H2,18,19,23). The van der Waals surface area contributed by atoms with Crippen LogP contribution in [0.1, 0.15) is 18.0 Å². The Labute approximate surface area is 138 Å². The third kappa shape index (κ3) is 6.17. The molecule has 0 radical (unpaired) electrons. The van der Waals surface area contributed by atoms with Crippen LogP contribution in [-0.2, 0) is 0 Å². The van der Waals surface area contributed by atoms with Gasteiger partial charge in [0.2, 0.25) is 0 Å². The van der Waals surface area contributed by atoms with Crippen LogP contribution in [0.2, 0.25) is 0 Å². The van der Waals surface area contributed by atoms with Gasteiger partial charge in [-0.15, -0.1) is 0 Å². The number of urea groups is 1. The number of carbonyl (C=O) groups excluding carboxylic acids is 1. The van der Waals surface area contributed by atoms with Crippen LogP contribution in [0.3, 0.4) is 0 Å². The number of hydrogen-bond donors (Lipinski definition) is 3. The summed E-state index contributed by atoms with van der Waals surface area (Å²) in [6, 6.07) is 9.87. The number of amides is 2. The van der Waals surface area contributed by atoms with Gasteiger partial charge in [0.15, 0.2) is 0 Å². The van der Waals surface area contributed by atoms with Gasteiger partial charge in [0.05, 0.1) is 6.04 Å². The lowest BCUT2D eigenvalue weighted by molar-refractivity contribution is 0.142. The van der Waals surface area contributed by atoms with Crippen molar-refractivity contribution in [2.24, 2.45) is 0 Å². The van der Waals surface area contributed by atoms with Gasteiger partial charge in [-0.2, -0.15) is 0 Å². The quantitative estimate of drug-likeness (QED) is 0.646. The van der Waals surface area contributed by atoms with Crippen LogP contribution in [0.25, 0.3) is 0 Å². The van der Waals surface area contributed by atoms with Crippen molar-refractivity contribution in [3.05, 3.63) is 35.9 Å². The summed E-state index contributed by atoms with van der Waals surface area (Å²) in [6.45, 7) is 5.54. The molecule has 23 heavy (non-hydrogen) atoms. The van der Waals surface area contributed by atoms with Gasteiger partial charge < -0.3 is 20.6 Å². The molecule has 3 N–H and O–H groups in total. The van der Waals surface area contributed by atoms with Crippen molar-refractivity contribution in [1.29, 1.82) is 0 Å². The third-order valence-corrected chi connectivity index (χ3v) is 4.16. The highest BCUT2D eigenvalue weighted by Gasteiger charge is 2.21. The molecule has 0 saturated carbocycles. The second-order valence-electron chi connectivity index (χ2n) is 6.04. The Morgan fingerprint density at radius 1 is 1.22 bits per heavy atom. The zero-order valence-electron chi connectivity index (χ0n) is 13.9. The average molecular weight is 320 g/mol. The van der Waals surface area contributed by atoms with Crippen LogP contribution in [0.5, 0.6) is 0 Å². The molecule has 1 unspecified atom stereocenters. The van der Waals surface area contributed by atoms with Crippen LogP contribution in [-0.4, -0.2) is 73.9 Å². The van der Waals surface area contributed by atoms with Crippen LogP contribution in [0, 0.1) is 0 Å². The molecule has 1 aromatic carbocycles. The molecule has 2 amide bonds. The summed E-state index contributed by atoms with van der Waals surface area (Å²) in [5, 5.41) is 14.6. The predicted octanol–water partition coefficient (Wildman–Crippen LogP) is 0.657. The van der Waals surface area contributed by atoms with Crippen LogP contribution < -0.4 is 10.6 Å². The lowest BCUT2D eigenvalue weighted by Crippen LogP contribution is -2.49. The molecule has 0 aromatic heterocycles. The summed E-state index contributed by atoms with van der Waals surface area (Å²) in [5.74, 6) is 0. The largest absolute Gasteiger partial charge is 0.396 e. The first-order valence-corrected chi connectivity index (χ1v) is 8.30. The Morgan fingerprint density at radius 3 is 2.57 bits per heavy atom. The van der Waals surface area contributed by atoms with E-state index in [0.717, 1.165) is 38.3 Å². The van der Waals surface area contributed by atoms with Crippen molar-refractivity contribution in [2.45, 2.75) is 12.5 Å². The van der Waals surface area contributed by atoms with Crippen LogP contribution in [0.15, 0.2) is 30.3 Å². The molecule has 2 rings (SSSR count). The number of rotatable bonds is 7. The van der Waals surface area contributed by atoms with E-state index in [2.05, 4.69) is 39.6 Å². The Kier molecular flexibility index (Phi) is 7.32. The van der Waals surface area contributed by atoms with E-state index in [1.165, 1.54) is 0 Å². The molecule has 0 bridgehead atoms. The summed E-state index contributed by atoms with van der Waals surface area (Å²) < 4.78 is 0. The van der Waals surface area contributed by atoms with E-state index in [9.17, 15) is 4.79 Å². The molecule has 1 aliphatic heterocycles. The monoisotopic (exact) mass is 320 g/mol. The minimum absolute atomic E-state index is 0.0336. The molecule has 128 valence electrons. The highest BCUT2D eigenvalue weighted by atomic mass is 16.3.